The van der Waals surface area contributed by atoms with Gasteiger partial charge in [0.1, 0.15) is 11.4 Å². The van der Waals surface area contributed by atoms with Crippen molar-refractivity contribution in [3.05, 3.63) is 81.3 Å². The first-order valence-electron chi connectivity index (χ1n) is 9.42. The van der Waals surface area contributed by atoms with Gasteiger partial charge >= 0.3 is 0 Å². The van der Waals surface area contributed by atoms with Crippen LogP contribution in [0.5, 0.6) is 0 Å². The zero-order valence-corrected chi connectivity index (χ0v) is 15.4. The van der Waals surface area contributed by atoms with Crippen LogP contribution in [0.1, 0.15) is 46.4 Å². The summed E-state index contributed by atoms with van der Waals surface area (Å²) in [5.41, 5.74) is 3.15. The van der Waals surface area contributed by atoms with Gasteiger partial charge in [-0.1, -0.05) is 18.6 Å². The molecular formula is C21H21FN4O2. The number of anilines is 1. The molecule has 0 bridgehead atoms. The number of aryl methyl sites for hydroxylation is 2. The van der Waals surface area contributed by atoms with E-state index >= 15 is 0 Å². The summed E-state index contributed by atoms with van der Waals surface area (Å²) in [5.74, 6) is -0.738. The van der Waals surface area contributed by atoms with Crippen molar-refractivity contribution in [3.8, 4) is 0 Å². The van der Waals surface area contributed by atoms with Gasteiger partial charge in [-0.05, 0) is 55.0 Å². The van der Waals surface area contributed by atoms with Gasteiger partial charge in [0, 0.05) is 11.9 Å². The van der Waals surface area contributed by atoms with Gasteiger partial charge in [0.2, 0.25) is 0 Å². The Morgan fingerprint density at radius 2 is 1.96 bits per heavy atom. The van der Waals surface area contributed by atoms with Crippen LogP contribution in [0.3, 0.4) is 0 Å². The van der Waals surface area contributed by atoms with E-state index in [-0.39, 0.29) is 16.9 Å². The van der Waals surface area contributed by atoms with Crippen molar-refractivity contribution in [3.63, 3.8) is 0 Å². The number of hydrogen-bond donors (Lipinski definition) is 2. The van der Waals surface area contributed by atoms with Crippen LogP contribution in [-0.4, -0.2) is 20.7 Å². The van der Waals surface area contributed by atoms with Gasteiger partial charge in [0.25, 0.3) is 11.5 Å². The van der Waals surface area contributed by atoms with Crippen LogP contribution >= 0.6 is 0 Å². The molecule has 0 radical (unpaired) electrons. The molecule has 1 amide bonds. The molecule has 0 atom stereocenters. The molecular weight excluding hydrogens is 359 g/mol. The minimum atomic E-state index is -0.449. The molecule has 2 aromatic heterocycles. The van der Waals surface area contributed by atoms with E-state index in [0.717, 1.165) is 48.9 Å². The third-order valence-electron chi connectivity index (χ3n) is 4.98. The lowest BCUT2D eigenvalue weighted by Crippen LogP contribution is -2.25. The third kappa shape index (κ3) is 4.03. The van der Waals surface area contributed by atoms with E-state index in [2.05, 4.69) is 15.4 Å². The van der Waals surface area contributed by atoms with Crippen LogP contribution in [0.4, 0.5) is 10.1 Å². The Kier molecular flexibility index (Phi) is 5.06. The quantitative estimate of drug-likeness (QED) is 0.682. The zero-order chi connectivity index (χ0) is 19.5. The summed E-state index contributed by atoms with van der Waals surface area (Å²) in [4.78, 5) is 27.8. The monoisotopic (exact) mass is 380 g/mol. The number of pyridine rings is 1. The highest BCUT2D eigenvalue weighted by Crippen LogP contribution is 2.19. The number of rotatable bonds is 4. The largest absolute Gasteiger partial charge is 0.325 e. The Morgan fingerprint density at radius 1 is 1.18 bits per heavy atom. The highest BCUT2D eigenvalue weighted by molar-refractivity contribution is 6.04. The molecule has 0 aliphatic heterocycles. The fourth-order valence-electron chi connectivity index (χ4n) is 3.51. The first-order valence-corrected chi connectivity index (χ1v) is 9.42. The van der Waals surface area contributed by atoms with E-state index in [4.69, 9.17) is 0 Å². The maximum Gasteiger partial charge on any atom is 0.261 e. The van der Waals surface area contributed by atoms with Crippen molar-refractivity contribution >= 4 is 11.6 Å². The average Bonchev–Trinajstić information content (AvgIpc) is 2.98. The topological polar surface area (TPSA) is 79.8 Å². The van der Waals surface area contributed by atoms with Crippen molar-refractivity contribution in [2.24, 2.45) is 0 Å². The molecule has 2 heterocycles. The number of carbonyl (C=O) groups is 1. The van der Waals surface area contributed by atoms with Crippen molar-refractivity contribution < 1.29 is 9.18 Å². The molecule has 144 valence electrons. The van der Waals surface area contributed by atoms with Crippen molar-refractivity contribution in [2.75, 3.05) is 5.32 Å². The fourth-order valence-corrected chi connectivity index (χ4v) is 3.51. The summed E-state index contributed by atoms with van der Waals surface area (Å²) in [5, 5.41) is 6.94. The number of nitrogens with one attached hydrogen (secondary N) is 2. The van der Waals surface area contributed by atoms with Gasteiger partial charge in [0.15, 0.2) is 0 Å². The summed E-state index contributed by atoms with van der Waals surface area (Å²) in [6.45, 7) is 0.454. The molecule has 0 unspecified atom stereocenters. The second-order valence-electron chi connectivity index (χ2n) is 7.08. The van der Waals surface area contributed by atoms with Crippen molar-refractivity contribution in [1.82, 2.24) is 14.8 Å². The predicted molar refractivity (Wildman–Crippen MR) is 104 cm³/mol. The lowest BCUT2D eigenvalue weighted by atomic mass is 10.1. The van der Waals surface area contributed by atoms with E-state index < -0.39 is 5.91 Å². The van der Waals surface area contributed by atoms with Gasteiger partial charge in [-0.25, -0.2) is 4.39 Å². The number of aromatic nitrogens is 3. The molecule has 1 aliphatic carbocycles. The lowest BCUT2D eigenvalue weighted by Gasteiger charge is -2.08. The molecule has 3 aromatic rings. The van der Waals surface area contributed by atoms with E-state index in [1.807, 2.05) is 0 Å². The second-order valence-corrected chi connectivity index (χ2v) is 7.08. The van der Waals surface area contributed by atoms with Gasteiger partial charge in [-0.15, -0.1) is 0 Å². The number of nitrogens with zero attached hydrogens (tertiary/aromatic N) is 2. The molecule has 0 saturated carbocycles. The van der Waals surface area contributed by atoms with E-state index in [1.54, 1.807) is 29.1 Å². The predicted octanol–water partition coefficient (Wildman–Crippen LogP) is 3.28. The molecule has 4 rings (SSSR count). The number of halogens is 1. The first kappa shape index (κ1) is 18.2. The summed E-state index contributed by atoms with van der Waals surface area (Å²) in [6, 6.07) is 7.88. The number of amides is 1. The Labute approximate surface area is 161 Å². The fraction of sp³-hybridized carbons (Fsp3) is 0.286. The number of carbonyl (C=O) groups excluding carboxylic acids is 1. The van der Waals surface area contributed by atoms with Crippen LogP contribution < -0.4 is 10.9 Å². The number of aromatic amines is 1. The smallest absolute Gasteiger partial charge is 0.261 e. The molecule has 2 N–H and O–H groups in total. The number of hydrogen-bond acceptors (Lipinski definition) is 3. The Bertz CT molecular complexity index is 1050. The molecule has 0 spiro atoms. The highest BCUT2D eigenvalue weighted by atomic mass is 19.1. The van der Waals surface area contributed by atoms with E-state index in [9.17, 15) is 14.0 Å². The maximum atomic E-state index is 13.0. The average molecular weight is 380 g/mol. The number of H-pyrrole nitrogens is 1. The zero-order valence-electron chi connectivity index (χ0n) is 15.4. The standard InChI is InChI=1S/C21H21FN4O2/c22-16-8-6-14(7-9-16)12-26-13-17(11-23-26)24-20(27)18-10-15-4-2-1-3-5-19(15)25-21(18)28/h6-11,13H,1-5,12H2,(H,24,27)(H,25,28). The van der Waals surface area contributed by atoms with Crippen LogP contribution in [0.15, 0.2) is 47.5 Å². The van der Waals surface area contributed by atoms with Gasteiger partial charge < -0.3 is 10.3 Å². The van der Waals surface area contributed by atoms with Crippen LogP contribution in [0.2, 0.25) is 0 Å². The number of fused-ring (bicyclic) bond motifs is 1. The lowest BCUT2D eigenvalue weighted by molar-refractivity contribution is 0.102. The Morgan fingerprint density at radius 3 is 2.79 bits per heavy atom. The third-order valence-corrected chi connectivity index (χ3v) is 4.98. The normalized spacial score (nSPS) is 13.6. The molecule has 1 aliphatic rings. The molecule has 6 nitrogen and oxygen atoms in total. The summed E-state index contributed by atoms with van der Waals surface area (Å²) in [6.07, 6.45) is 8.19. The minimum absolute atomic E-state index is 0.118. The van der Waals surface area contributed by atoms with Crippen LogP contribution in [0, 0.1) is 5.82 Å². The molecule has 1 aromatic carbocycles. The highest BCUT2D eigenvalue weighted by Gasteiger charge is 2.17. The Balaban J connectivity index is 1.48. The first-order chi connectivity index (χ1) is 13.6. The summed E-state index contributed by atoms with van der Waals surface area (Å²) < 4.78 is 14.6. The van der Waals surface area contributed by atoms with Gasteiger partial charge in [-0.2, -0.15) is 5.10 Å². The summed E-state index contributed by atoms with van der Waals surface area (Å²) in [7, 11) is 0. The minimum Gasteiger partial charge on any atom is -0.325 e. The Hall–Kier alpha value is -3.22. The van der Waals surface area contributed by atoms with Crippen LogP contribution in [0.25, 0.3) is 0 Å². The van der Waals surface area contributed by atoms with Crippen molar-refractivity contribution in [1.29, 1.82) is 0 Å². The van der Waals surface area contributed by atoms with Gasteiger partial charge in [0.05, 0.1) is 18.4 Å². The van der Waals surface area contributed by atoms with E-state index in [0.29, 0.717) is 12.2 Å². The van der Waals surface area contributed by atoms with Crippen molar-refractivity contribution in [2.45, 2.75) is 38.6 Å². The molecule has 7 heteroatoms. The molecule has 0 saturated heterocycles. The van der Waals surface area contributed by atoms with Gasteiger partial charge in [-0.3, -0.25) is 14.3 Å². The number of benzene rings is 1. The summed E-state index contributed by atoms with van der Waals surface area (Å²) >= 11 is 0. The van der Waals surface area contributed by atoms with E-state index in [1.165, 1.54) is 18.3 Å². The molecule has 28 heavy (non-hydrogen) atoms. The molecule has 0 fully saturated rings. The SMILES string of the molecule is O=C(Nc1cnn(Cc2ccc(F)cc2)c1)c1cc2c([nH]c1=O)CCCCC2. The maximum absolute atomic E-state index is 13.0. The van der Waals surface area contributed by atoms with Crippen LogP contribution in [-0.2, 0) is 19.4 Å². The second kappa shape index (κ2) is 7.80.